The predicted octanol–water partition coefficient (Wildman–Crippen LogP) is 4.97. The summed E-state index contributed by atoms with van der Waals surface area (Å²) >= 11 is 3.29. The van der Waals surface area contributed by atoms with E-state index in [2.05, 4.69) is 26.9 Å². The van der Waals surface area contributed by atoms with Crippen molar-refractivity contribution in [1.29, 1.82) is 5.26 Å². The van der Waals surface area contributed by atoms with E-state index in [4.69, 9.17) is 9.47 Å². The number of hydrogen-bond donors (Lipinski definition) is 1. The van der Waals surface area contributed by atoms with E-state index >= 15 is 0 Å². The number of nitrogens with zero attached hydrogens (tertiary/aromatic N) is 1. The van der Waals surface area contributed by atoms with Crippen LogP contribution in [0.5, 0.6) is 11.5 Å². The molecule has 1 N–H and O–H groups in total. The number of nitriles is 1. The normalized spacial score (nSPS) is 9.70. The summed E-state index contributed by atoms with van der Waals surface area (Å²) in [6.45, 7) is 4.37. The van der Waals surface area contributed by atoms with Crippen LogP contribution in [0, 0.1) is 17.0 Å². The molecule has 2 rings (SSSR count). The summed E-state index contributed by atoms with van der Waals surface area (Å²) in [5.41, 5.74) is 3.71. The van der Waals surface area contributed by atoms with Crippen molar-refractivity contribution in [3.8, 4) is 23.2 Å². The molecular weight excluding hydrogens is 431 g/mol. The summed E-state index contributed by atoms with van der Waals surface area (Å²) in [5, 5.41) is 12.0. The summed E-state index contributed by atoms with van der Waals surface area (Å²) in [4.78, 5) is 12.9. The second kappa shape index (κ2) is 9.99. The van der Waals surface area contributed by atoms with Gasteiger partial charge < -0.3 is 0 Å². The first-order chi connectivity index (χ1) is 13.0. The van der Waals surface area contributed by atoms with Crippen LogP contribution in [0.2, 0.25) is 0 Å². The molecule has 0 aliphatic rings. The first kappa shape index (κ1) is 20.8. The number of nitrogens with one attached hydrogen (secondary N) is 1. The van der Waals surface area contributed by atoms with Crippen molar-refractivity contribution in [2.24, 2.45) is 0 Å². The number of rotatable bonds is 6. The average Bonchev–Trinajstić information content (AvgIpc) is 2.63. The Morgan fingerprint density at radius 3 is 2.56 bits per heavy atom. The maximum atomic E-state index is 12.9. The van der Waals surface area contributed by atoms with Gasteiger partial charge >= 0.3 is 167 Å². The van der Waals surface area contributed by atoms with Gasteiger partial charge in [-0.3, -0.25) is 0 Å². The van der Waals surface area contributed by atoms with Gasteiger partial charge in [0.05, 0.1) is 0 Å². The Kier molecular flexibility index (Phi) is 7.69. The van der Waals surface area contributed by atoms with Gasteiger partial charge in [-0.1, -0.05) is 0 Å². The molecule has 138 valence electrons. The van der Waals surface area contributed by atoms with E-state index in [-0.39, 0.29) is 24.8 Å². The molecule has 0 aliphatic heterocycles. The van der Waals surface area contributed by atoms with E-state index in [1.807, 2.05) is 13.0 Å². The Labute approximate surface area is 166 Å². The number of halogens is 1. The van der Waals surface area contributed by atoms with Crippen molar-refractivity contribution < 1.29 is 18.8 Å². The fourth-order valence-electron chi connectivity index (χ4n) is 2.38. The van der Waals surface area contributed by atoms with Gasteiger partial charge in [0.1, 0.15) is 0 Å². The fourth-order valence-corrected chi connectivity index (χ4v) is 3.02. The molecule has 0 aromatic heterocycles. The van der Waals surface area contributed by atoms with Crippen LogP contribution in [0.15, 0.2) is 34.8 Å². The Balaban J connectivity index is 2.54. The van der Waals surface area contributed by atoms with Crippen molar-refractivity contribution in [2.45, 2.75) is 13.8 Å². The Morgan fingerprint density at radius 1 is 1.19 bits per heavy atom. The first-order valence-electron chi connectivity index (χ1n) is 8.07. The minimum absolute atomic E-state index is 0.162. The van der Waals surface area contributed by atoms with Crippen LogP contribution >= 0.6 is 23.8 Å². The summed E-state index contributed by atoms with van der Waals surface area (Å²) in [5.74, 6) is 0.249. The van der Waals surface area contributed by atoms with E-state index in [9.17, 15) is 14.6 Å². The SMILES string of the molecule is CCOc1cc(C#P=O)c(C(=O)Nc2ccc(Br)cc2C#N)c(OCC)c1. The Hall–Kier alpha value is -2.51. The van der Waals surface area contributed by atoms with Crippen LogP contribution in [0.1, 0.15) is 35.3 Å². The summed E-state index contributed by atoms with van der Waals surface area (Å²) < 4.78 is 22.9. The zero-order valence-electron chi connectivity index (χ0n) is 14.7. The molecule has 27 heavy (non-hydrogen) atoms. The molecule has 2 aromatic rings. The van der Waals surface area contributed by atoms with E-state index in [1.54, 1.807) is 37.3 Å². The topological polar surface area (TPSA) is 88.4 Å². The van der Waals surface area contributed by atoms with E-state index in [0.717, 1.165) is 4.47 Å². The molecule has 6 nitrogen and oxygen atoms in total. The molecular formula is C19H16BrN2O4P. The zero-order valence-corrected chi connectivity index (χ0v) is 17.2. The third-order valence-electron chi connectivity index (χ3n) is 3.43. The van der Waals surface area contributed by atoms with Crippen molar-refractivity contribution in [2.75, 3.05) is 18.5 Å². The van der Waals surface area contributed by atoms with Crippen LogP contribution in [-0.2, 0) is 4.57 Å². The van der Waals surface area contributed by atoms with E-state index < -0.39 is 5.91 Å². The number of anilines is 1. The zero-order chi connectivity index (χ0) is 19.8. The molecule has 0 aliphatic carbocycles. The molecule has 8 heteroatoms. The second-order valence-corrected chi connectivity index (χ2v) is 6.49. The van der Waals surface area contributed by atoms with Gasteiger partial charge in [0.2, 0.25) is 0 Å². The van der Waals surface area contributed by atoms with Crippen LogP contribution in [-0.4, -0.2) is 19.1 Å². The van der Waals surface area contributed by atoms with Crippen molar-refractivity contribution >= 4 is 35.4 Å². The standard InChI is InChI=1S/C19H16BrN2O4P/c1-3-25-15-8-13(11-27-24)18(17(9-15)26-4-2)19(23)22-16-6-5-14(20)7-12(16)10-21/h5-9H,3-4H2,1-2H3,(H,22,23). The molecule has 0 spiro atoms. The van der Waals surface area contributed by atoms with Crippen molar-refractivity contribution in [3.63, 3.8) is 0 Å². The number of carbonyl (C=O) groups is 1. The monoisotopic (exact) mass is 446 g/mol. The van der Waals surface area contributed by atoms with Crippen LogP contribution < -0.4 is 14.8 Å². The van der Waals surface area contributed by atoms with Crippen LogP contribution in [0.3, 0.4) is 0 Å². The van der Waals surface area contributed by atoms with Crippen molar-refractivity contribution in [1.82, 2.24) is 0 Å². The number of carbonyl (C=O) groups excluding carboxylic acids is 1. The number of benzene rings is 2. The van der Waals surface area contributed by atoms with Crippen LogP contribution in [0.25, 0.3) is 0 Å². The molecule has 0 heterocycles. The van der Waals surface area contributed by atoms with Gasteiger partial charge in [-0.2, -0.15) is 0 Å². The van der Waals surface area contributed by atoms with E-state index in [0.29, 0.717) is 30.2 Å². The molecule has 0 saturated carbocycles. The molecule has 0 radical (unpaired) electrons. The summed E-state index contributed by atoms with van der Waals surface area (Å²) in [7, 11) is -0.379. The molecule has 2 aromatic carbocycles. The Bertz CT molecular complexity index is 1010. The maximum absolute atomic E-state index is 12.9. The van der Waals surface area contributed by atoms with Gasteiger partial charge in [-0.15, -0.1) is 0 Å². The van der Waals surface area contributed by atoms with Gasteiger partial charge in [-0.05, 0) is 0 Å². The number of ether oxygens (including phenoxy) is 2. The van der Waals surface area contributed by atoms with Crippen LogP contribution in [0.4, 0.5) is 5.69 Å². The van der Waals surface area contributed by atoms with Gasteiger partial charge in [0, 0.05) is 0 Å². The third-order valence-corrected chi connectivity index (χ3v) is 4.26. The molecule has 0 unspecified atom stereocenters. The molecule has 0 saturated heterocycles. The van der Waals surface area contributed by atoms with Gasteiger partial charge in [0.15, 0.2) is 0 Å². The van der Waals surface area contributed by atoms with Gasteiger partial charge in [0.25, 0.3) is 0 Å². The van der Waals surface area contributed by atoms with Crippen molar-refractivity contribution in [3.05, 3.63) is 51.5 Å². The number of amides is 1. The number of hydrogen-bond acceptors (Lipinski definition) is 5. The summed E-state index contributed by atoms with van der Waals surface area (Å²) in [6, 6.07) is 10.1. The van der Waals surface area contributed by atoms with Gasteiger partial charge in [-0.25, -0.2) is 0 Å². The average molecular weight is 447 g/mol. The predicted molar refractivity (Wildman–Crippen MR) is 106 cm³/mol. The minimum atomic E-state index is -0.508. The Morgan fingerprint density at radius 2 is 1.93 bits per heavy atom. The molecule has 0 bridgehead atoms. The van der Waals surface area contributed by atoms with E-state index in [1.165, 1.54) is 0 Å². The quantitative estimate of drug-likeness (QED) is 0.632. The molecule has 0 atom stereocenters. The summed E-state index contributed by atoms with van der Waals surface area (Å²) in [6.07, 6.45) is 0. The fraction of sp³-hybridized carbons (Fsp3) is 0.211. The molecule has 0 fully saturated rings. The third kappa shape index (κ3) is 5.24. The second-order valence-electron chi connectivity index (χ2n) is 5.17. The molecule has 1 amide bonds. The first-order valence-corrected chi connectivity index (χ1v) is 9.67.